The van der Waals surface area contributed by atoms with E-state index in [0.717, 1.165) is 13.1 Å². The minimum Gasteiger partial charge on any atom is -0.506 e. The summed E-state index contributed by atoms with van der Waals surface area (Å²) in [4.78, 5) is 1.97. The number of nitrogens with zero attached hydrogens (tertiary/aromatic N) is 1. The van der Waals surface area contributed by atoms with Gasteiger partial charge in [-0.25, -0.2) is 0 Å². The third kappa shape index (κ3) is 6.55. The van der Waals surface area contributed by atoms with Crippen molar-refractivity contribution in [2.45, 2.75) is 25.1 Å². The van der Waals surface area contributed by atoms with E-state index in [0.29, 0.717) is 18.7 Å². The number of alkyl halides is 3. The Labute approximate surface area is 151 Å². The first-order chi connectivity index (χ1) is 9.88. The van der Waals surface area contributed by atoms with Gasteiger partial charge in [0.05, 0.1) is 5.02 Å². The van der Waals surface area contributed by atoms with Crippen molar-refractivity contribution in [3.63, 3.8) is 0 Å². The Morgan fingerprint density at radius 2 is 1.83 bits per heavy atom. The van der Waals surface area contributed by atoms with E-state index >= 15 is 0 Å². The maximum Gasteiger partial charge on any atom is 0.389 e. The van der Waals surface area contributed by atoms with Gasteiger partial charge in [-0.15, -0.1) is 24.8 Å². The molecule has 0 saturated carbocycles. The molecule has 0 aromatic heterocycles. The second-order valence-corrected chi connectivity index (χ2v) is 5.54. The molecule has 1 aromatic rings. The van der Waals surface area contributed by atoms with Gasteiger partial charge in [0.25, 0.3) is 0 Å². The summed E-state index contributed by atoms with van der Waals surface area (Å²) < 4.78 is 37.7. The monoisotopic (exact) mass is 394 g/mol. The molecule has 9 heteroatoms. The van der Waals surface area contributed by atoms with Crippen molar-refractivity contribution in [3.8, 4) is 5.75 Å². The predicted octanol–water partition coefficient (Wildman–Crippen LogP) is 4.18. The molecule has 134 valence electrons. The Balaban J connectivity index is 0.00000242. The van der Waals surface area contributed by atoms with Gasteiger partial charge in [0.1, 0.15) is 5.75 Å². The average Bonchev–Trinajstić information content (AvgIpc) is 2.43. The molecule has 0 radical (unpaired) electrons. The Bertz CT molecular complexity index is 483. The molecule has 0 bridgehead atoms. The zero-order valence-electron chi connectivity index (χ0n) is 12.3. The van der Waals surface area contributed by atoms with Gasteiger partial charge >= 0.3 is 6.18 Å². The number of hydrogen-bond donors (Lipinski definition) is 2. The van der Waals surface area contributed by atoms with Crippen LogP contribution < -0.4 is 5.32 Å². The largest absolute Gasteiger partial charge is 0.506 e. The number of phenolic OH excluding ortho intramolecular Hbond substituents is 1. The lowest BCUT2D eigenvalue weighted by molar-refractivity contribution is -0.138. The molecule has 1 aromatic carbocycles. The summed E-state index contributed by atoms with van der Waals surface area (Å²) in [6.45, 7) is 2.75. The van der Waals surface area contributed by atoms with Crippen LogP contribution in [0.4, 0.5) is 13.2 Å². The minimum atomic E-state index is -4.21. The van der Waals surface area contributed by atoms with Crippen LogP contribution in [-0.2, 0) is 0 Å². The minimum absolute atomic E-state index is 0. The molecule has 1 aliphatic rings. The first-order valence-corrected chi connectivity index (χ1v) is 7.25. The van der Waals surface area contributed by atoms with Crippen molar-refractivity contribution in [1.29, 1.82) is 0 Å². The average molecular weight is 396 g/mol. The van der Waals surface area contributed by atoms with Crippen molar-refractivity contribution in [2.24, 2.45) is 0 Å². The lowest BCUT2D eigenvalue weighted by Gasteiger charge is -2.35. The van der Waals surface area contributed by atoms with Crippen molar-refractivity contribution in [1.82, 2.24) is 10.2 Å². The third-order valence-electron chi connectivity index (χ3n) is 3.67. The molecule has 0 spiro atoms. The molecule has 0 unspecified atom stereocenters. The number of nitrogens with one attached hydrogen (secondary N) is 1. The van der Waals surface area contributed by atoms with Crippen LogP contribution in [0.2, 0.25) is 5.02 Å². The molecule has 3 nitrogen and oxygen atoms in total. The highest BCUT2D eigenvalue weighted by Crippen LogP contribution is 2.38. The van der Waals surface area contributed by atoms with Crippen LogP contribution >= 0.6 is 36.4 Å². The lowest BCUT2D eigenvalue weighted by Crippen LogP contribution is -2.45. The molecule has 0 amide bonds. The number of benzene rings is 1. The molecule has 0 aliphatic carbocycles. The molecule has 1 fully saturated rings. The molecule has 23 heavy (non-hydrogen) atoms. The van der Waals surface area contributed by atoms with E-state index in [4.69, 9.17) is 11.6 Å². The zero-order valence-corrected chi connectivity index (χ0v) is 14.7. The van der Waals surface area contributed by atoms with Gasteiger partial charge in [0, 0.05) is 44.2 Å². The maximum absolute atomic E-state index is 12.6. The molecule has 1 heterocycles. The maximum atomic E-state index is 12.6. The molecule has 2 rings (SSSR count). The van der Waals surface area contributed by atoms with E-state index in [1.807, 2.05) is 4.90 Å². The molecule has 1 aliphatic heterocycles. The predicted molar refractivity (Wildman–Crippen MR) is 90.1 cm³/mol. The van der Waals surface area contributed by atoms with Crippen LogP contribution in [0.15, 0.2) is 18.2 Å². The molecular weight excluding hydrogens is 376 g/mol. The second kappa shape index (κ2) is 9.79. The number of para-hydroxylation sites is 1. The number of halogens is 6. The van der Waals surface area contributed by atoms with Crippen molar-refractivity contribution in [3.05, 3.63) is 28.8 Å². The topological polar surface area (TPSA) is 35.5 Å². The van der Waals surface area contributed by atoms with E-state index < -0.39 is 18.6 Å². The van der Waals surface area contributed by atoms with Gasteiger partial charge in [0.15, 0.2) is 0 Å². The molecular formula is C14H20Cl3F3N2O. The van der Waals surface area contributed by atoms with Gasteiger partial charge in [-0.05, 0) is 12.5 Å². The summed E-state index contributed by atoms with van der Waals surface area (Å²) in [5.41, 5.74) is 0.466. The van der Waals surface area contributed by atoms with Crippen LogP contribution in [0.25, 0.3) is 0 Å². The quantitative estimate of drug-likeness (QED) is 0.803. The Hall–Kier alpha value is -0.400. The highest BCUT2D eigenvalue weighted by Gasteiger charge is 2.32. The first-order valence-electron chi connectivity index (χ1n) is 6.87. The Morgan fingerprint density at radius 1 is 1.22 bits per heavy atom. The van der Waals surface area contributed by atoms with Crippen LogP contribution in [0.1, 0.15) is 24.4 Å². The van der Waals surface area contributed by atoms with Crippen molar-refractivity contribution < 1.29 is 18.3 Å². The fraction of sp³-hybridized carbons (Fsp3) is 0.571. The van der Waals surface area contributed by atoms with Crippen LogP contribution in [0, 0.1) is 0 Å². The van der Waals surface area contributed by atoms with E-state index in [-0.39, 0.29) is 42.0 Å². The lowest BCUT2D eigenvalue weighted by atomic mass is 9.98. The number of piperazine rings is 1. The van der Waals surface area contributed by atoms with Gasteiger partial charge in [0.2, 0.25) is 0 Å². The zero-order chi connectivity index (χ0) is 15.5. The Morgan fingerprint density at radius 3 is 2.39 bits per heavy atom. The van der Waals surface area contributed by atoms with E-state index in [1.165, 1.54) is 6.07 Å². The van der Waals surface area contributed by atoms with E-state index in [2.05, 4.69) is 5.32 Å². The second-order valence-electron chi connectivity index (χ2n) is 5.13. The normalized spacial score (nSPS) is 17.0. The van der Waals surface area contributed by atoms with Gasteiger partial charge in [-0.1, -0.05) is 23.7 Å². The summed E-state index contributed by atoms with van der Waals surface area (Å²) in [5, 5.41) is 13.4. The number of phenols is 1. The number of aromatic hydroxyl groups is 1. The van der Waals surface area contributed by atoms with Gasteiger partial charge in [-0.3, -0.25) is 4.90 Å². The molecule has 2 N–H and O–H groups in total. The standard InChI is InChI=1S/C14H18ClF3N2O.2ClH/c15-11-3-1-2-10(13(11)21)12(4-5-14(16,17)18)20-8-6-19-7-9-20;;/h1-3,12,19,21H,4-9H2;2*1H/t12-;;/m0../s1. The number of hydrogen-bond acceptors (Lipinski definition) is 3. The van der Waals surface area contributed by atoms with E-state index in [9.17, 15) is 18.3 Å². The third-order valence-corrected chi connectivity index (χ3v) is 3.98. The fourth-order valence-electron chi connectivity index (χ4n) is 2.63. The van der Waals surface area contributed by atoms with Crippen molar-refractivity contribution in [2.75, 3.05) is 26.2 Å². The smallest absolute Gasteiger partial charge is 0.389 e. The summed E-state index contributed by atoms with van der Waals surface area (Å²) in [6, 6.07) is 4.34. The molecule has 1 saturated heterocycles. The highest BCUT2D eigenvalue weighted by atomic mass is 35.5. The van der Waals surface area contributed by atoms with Crippen molar-refractivity contribution >= 4 is 36.4 Å². The Kier molecular flexibility index (Phi) is 9.62. The summed E-state index contributed by atoms with van der Waals surface area (Å²) in [7, 11) is 0. The van der Waals surface area contributed by atoms with Gasteiger partial charge in [-0.2, -0.15) is 13.2 Å². The van der Waals surface area contributed by atoms with Crippen LogP contribution in [0.5, 0.6) is 5.75 Å². The summed E-state index contributed by atoms with van der Waals surface area (Å²) >= 11 is 5.88. The van der Waals surface area contributed by atoms with Crippen LogP contribution in [0.3, 0.4) is 0 Å². The van der Waals surface area contributed by atoms with Gasteiger partial charge < -0.3 is 10.4 Å². The highest BCUT2D eigenvalue weighted by molar-refractivity contribution is 6.32. The van der Waals surface area contributed by atoms with Crippen LogP contribution in [-0.4, -0.2) is 42.4 Å². The first kappa shape index (κ1) is 22.6. The number of rotatable bonds is 4. The fourth-order valence-corrected chi connectivity index (χ4v) is 2.81. The summed E-state index contributed by atoms with van der Waals surface area (Å²) in [5.74, 6) is -0.120. The SMILES string of the molecule is Cl.Cl.Oc1c(Cl)cccc1[C@H](CCC(F)(F)F)N1CCNCC1. The molecule has 1 atom stereocenters. The summed E-state index contributed by atoms with van der Waals surface area (Å²) in [6.07, 6.45) is -5.18. The van der Waals surface area contributed by atoms with E-state index in [1.54, 1.807) is 12.1 Å².